The first-order chi connectivity index (χ1) is 10.0. The summed E-state index contributed by atoms with van der Waals surface area (Å²) in [4.78, 5) is 6.77. The molecule has 1 heterocycles. The van der Waals surface area contributed by atoms with Gasteiger partial charge in [-0.05, 0) is 48.7 Å². The number of aliphatic hydroxyl groups excluding tert-OH is 1. The number of aromatic nitrogens is 1. The van der Waals surface area contributed by atoms with E-state index in [2.05, 4.69) is 23.7 Å². The van der Waals surface area contributed by atoms with Crippen molar-refractivity contribution in [2.75, 3.05) is 11.9 Å². The minimum atomic E-state index is 0.0334. The lowest BCUT2D eigenvalue weighted by Crippen LogP contribution is -2.23. The van der Waals surface area contributed by atoms with Crippen LogP contribution in [0, 0.1) is 0 Å². The smallest absolute Gasteiger partial charge is 0.129 e. The van der Waals surface area contributed by atoms with Gasteiger partial charge in [0.1, 0.15) is 5.82 Å². The van der Waals surface area contributed by atoms with Gasteiger partial charge in [0.25, 0.3) is 0 Å². The second-order valence-corrected chi connectivity index (χ2v) is 5.61. The van der Waals surface area contributed by atoms with Crippen molar-refractivity contribution in [3.05, 3.63) is 58.2 Å². The minimum Gasteiger partial charge on any atom is -0.392 e. The molecule has 1 atom stereocenters. The summed E-state index contributed by atoms with van der Waals surface area (Å²) in [6.07, 6.45) is 0.851. The second-order valence-electron chi connectivity index (χ2n) is 5.18. The summed E-state index contributed by atoms with van der Waals surface area (Å²) in [6, 6.07) is 11.9. The standard InChI is InChI=1S/C17H21ClN2O/c1-4-16-9-13(11-21)10-17(19-16)20(3)12(2)14-5-7-15(18)8-6-14/h5-10,12,21H,4,11H2,1-3H3. The molecule has 0 bridgehead atoms. The highest BCUT2D eigenvalue weighted by molar-refractivity contribution is 6.30. The Labute approximate surface area is 131 Å². The quantitative estimate of drug-likeness (QED) is 0.907. The first-order valence-electron chi connectivity index (χ1n) is 7.14. The van der Waals surface area contributed by atoms with Gasteiger partial charge in [-0.2, -0.15) is 0 Å². The van der Waals surface area contributed by atoms with Crippen LogP contribution in [0.1, 0.15) is 36.7 Å². The van der Waals surface area contributed by atoms with Crippen LogP contribution in [0.2, 0.25) is 5.02 Å². The third-order valence-corrected chi connectivity index (χ3v) is 4.02. The summed E-state index contributed by atoms with van der Waals surface area (Å²) >= 11 is 5.94. The zero-order chi connectivity index (χ0) is 15.4. The molecule has 1 N–H and O–H groups in total. The van der Waals surface area contributed by atoms with Gasteiger partial charge >= 0.3 is 0 Å². The highest BCUT2D eigenvalue weighted by atomic mass is 35.5. The molecule has 1 aromatic heterocycles. The van der Waals surface area contributed by atoms with Crippen LogP contribution in [-0.4, -0.2) is 17.1 Å². The molecule has 0 spiro atoms. The summed E-state index contributed by atoms with van der Waals surface area (Å²) in [5.41, 5.74) is 3.06. The summed E-state index contributed by atoms with van der Waals surface area (Å²) in [5.74, 6) is 0.876. The van der Waals surface area contributed by atoms with Crippen molar-refractivity contribution in [3.63, 3.8) is 0 Å². The van der Waals surface area contributed by atoms with Crippen LogP contribution in [0.25, 0.3) is 0 Å². The van der Waals surface area contributed by atoms with Crippen LogP contribution in [0.3, 0.4) is 0 Å². The molecule has 2 rings (SSSR count). The second kappa shape index (κ2) is 6.92. The van der Waals surface area contributed by atoms with Crippen LogP contribution in [0.4, 0.5) is 5.82 Å². The van der Waals surface area contributed by atoms with E-state index in [1.54, 1.807) is 0 Å². The number of rotatable bonds is 5. The Bertz CT molecular complexity index is 576. The molecule has 2 aromatic rings. The Balaban J connectivity index is 2.29. The maximum Gasteiger partial charge on any atom is 0.129 e. The van der Waals surface area contributed by atoms with Gasteiger partial charge in [-0.1, -0.05) is 30.7 Å². The normalized spacial score (nSPS) is 12.2. The summed E-state index contributed by atoms with van der Waals surface area (Å²) in [5, 5.41) is 10.1. The molecule has 0 saturated carbocycles. The number of aryl methyl sites for hydroxylation is 1. The van der Waals surface area contributed by atoms with Crippen molar-refractivity contribution in [1.82, 2.24) is 4.98 Å². The third-order valence-electron chi connectivity index (χ3n) is 3.76. The van der Waals surface area contributed by atoms with E-state index in [0.29, 0.717) is 0 Å². The summed E-state index contributed by atoms with van der Waals surface area (Å²) in [6.45, 7) is 4.23. The van der Waals surface area contributed by atoms with Gasteiger partial charge < -0.3 is 10.0 Å². The topological polar surface area (TPSA) is 36.4 Å². The molecule has 1 aromatic carbocycles. The first kappa shape index (κ1) is 15.8. The van der Waals surface area contributed by atoms with Gasteiger partial charge in [0.2, 0.25) is 0 Å². The maximum absolute atomic E-state index is 9.39. The van der Waals surface area contributed by atoms with Gasteiger partial charge in [-0.15, -0.1) is 0 Å². The van der Waals surface area contributed by atoms with Crippen molar-refractivity contribution in [3.8, 4) is 0 Å². The predicted octanol–water partition coefficient (Wildman–Crippen LogP) is 3.99. The van der Waals surface area contributed by atoms with Gasteiger partial charge in [-0.3, -0.25) is 0 Å². The molecule has 0 aliphatic carbocycles. The molecular weight excluding hydrogens is 284 g/mol. The lowest BCUT2D eigenvalue weighted by molar-refractivity contribution is 0.281. The van der Waals surface area contributed by atoms with Crippen molar-refractivity contribution < 1.29 is 5.11 Å². The van der Waals surface area contributed by atoms with E-state index in [4.69, 9.17) is 11.6 Å². The Kier molecular flexibility index (Phi) is 5.21. The highest BCUT2D eigenvalue weighted by Crippen LogP contribution is 2.26. The van der Waals surface area contributed by atoms with Crippen LogP contribution in [-0.2, 0) is 13.0 Å². The van der Waals surface area contributed by atoms with E-state index in [1.165, 1.54) is 5.56 Å². The predicted molar refractivity (Wildman–Crippen MR) is 87.8 cm³/mol. The van der Waals surface area contributed by atoms with Gasteiger partial charge in [0.15, 0.2) is 0 Å². The van der Waals surface area contributed by atoms with Crippen LogP contribution < -0.4 is 4.90 Å². The Hall–Kier alpha value is -1.58. The lowest BCUT2D eigenvalue weighted by Gasteiger charge is -2.27. The fourth-order valence-electron chi connectivity index (χ4n) is 2.25. The molecule has 1 unspecified atom stereocenters. The SMILES string of the molecule is CCc1cc(CO)cc(N(C)C(C)c2ccc(Cl)cc2)n1. The molecule has 4 heteroatoms. The molecular formula is C17H21ClN2O. The average molecular weight is 305 g/mol. The van der Waals surface area contributed by atoms with Crippen LogP contribution in [0.5, 0.6) is 0 Å². The van der Waals surface area contributed by atoms with Gasteiger partial charge in [0, 0.05) is 17.8 Å². The van der Waals surface area contributed by atoms with Crippen molar-refractivity contribution in [1.29, 1.82) is 0 Å². The van der Waals surface area contributed by atoms with Crippen LogP contribution in [0.15, 0.2) is 36.4 Å². The zero-order valence-electron chi connectivity index (χ0n) is 12.7. The number of benzene rings is 1. The van der Waals surface area contributed by atoms with E-state index in [0.717, 1.165) is 28.5 Å². The Morgan fingerprint density at radius 1 is 1.24 bits per heavy atom. The van der Waals surface area contributed by atoms with Crippen LogP contribution >= 0.6 is 11.6 Å². The molecule has 0 radical (unpaired) electrons. The number of anilines is 1. The minimum absolute atomic E-state index is 0.0334. The summed E-state index contributed by atoms with van der Waals surface area (Å²) < 4.78 is 0. The van der Waals surface area contributed by atoms with Gasteiger partial charge in [-0.25, -0.2) is 4.98 Å². The fourth-order valence-corrected chi connectivity index (χ4v) is 2.38. The lowest BCUT2D eigenvalue weighted by atomic mass is 10.1. The molecule has 0 amide bonds. The number of hydrogen-bond acceptors (Lipinski definition) is 3. The number of aliphatic hydroxyl groups is 1. The monoisotopic (exact) mass is 304 g/mol. The van der Waals surface area contributed by atoms with E-state index in [1.807, 2.05) is 43.4 Å². The third kappa shape index (κ3) is 3.74. The van der Waals surface area contributed by atoms with Crippen molar-refractivity contribution in [2.24, 2.45) is 0 Å². The van der Waals surface area contributed by atoms with Crippen molar-refractivity contribution in [2.45, 2.75) is 32.9 Å². The van der Waals surface area contributed by atoms with E-state index in [9.17, 15) is 5.11 Å². The fraction of sp³-hybridized carbons (Fsp3) is 0.353. The molecule has 0 aliphatic rings. The summed E-state index contributed by atoms with van der Waals surface area (Å²) in [7, 11) is 2.02. The largest absolute Gasteiger partial charge is 0.392 e. The molecule has 21 heavy (non-hydrogen) atoms. The number of nitrogens with zero attached hydrogens (tertiary/aromatic N) is 2. The molecule has 3 nitrogen and oxygen atoms in total. The average Bonchev–Trinajstić information content (AvgIpc) is 2.53. The zero-order valence-corrected chi connectivity index (χ0v) is 13.4. The van der Waals surface area contributed by atoms with E-state index >= 15 is 0 Å². The number of pyridine rings is 1. The number of hydrogen-bond donors (Lipinski definition) is 1. The van der Waals surface area contributed by atoms with E-state index < -0.39 is 0 Å². The first-order valence-corrected chi connectivity index (χ1v) is 7.52. The Morgan fingerprint density at radius 3 is 2.48 bits per heavy atom. The molecule has 0 saturated heterocycles. The van der Waals surface area contributed by atoms with E-state index in [-0.39, 0.29) is 12.6 Å². The van der Waals surface area contributed by atoms with Crippen molar-refractivity contribution >= 4 is 17.4 Å². The highest BCUT2D eigenvalue weighted by Gasteiger charge is 2.14. The molecule has 0 aliphatic heterocycles. The maximum atomic E-state index is 9.39. The number of halogens is 1. The molecule has 0 fully saturated rings. The Morgan fingerprint density at radius 2 is 1.90 bits per heavy atom. The van der Waals surface area contributed by atoms with Gasteiger partial charge in [0.05, 0.1) is 12.6 Å². The molecule has 112 valence electrons.